The summed E-state index contributed by atoms with van der Waals surface area (Å²) in [6.45, 7) is 14.6. The highest BCUT2D eigenvalue weighted by molar-refractivity contribution is 5.97. The monoisotopic (exact) mass is 552 g/mol. The van der Waals surface area contributed by atoms with Crippen LogP contribution in [0.3, 0.4) is 0 Å². The van der Waals surface area contributed by atoms with E-state index < -0.39 is 30.2 Å². The number of benzene rings is 2. The van der Waals surface area contributed by atoms with E-state index in [1.807, 2.05) is 0 Å². The molecule has 2 aromatic rings. The number of aliphatic hydroxyl groups is 1. The highest BCUT2D eigenvalue weighted by Gasteiger charge is 2.17. The molecule has 0 bridgehead atoms. The second-order valence-corrected chi connectivity index (χ2v) is 8.75. The molecule has 0 amide bonds. The number of esters is 4. The van der Waals surface area contributed by atoms with E-state index in [2.05, 4.69) is 19.7 Å². The van der Waals surface area contributed by atoms with Crippen molar-refractivity contribution in [2.75, 3.05) is 26.4 Å². The van der Waals surface area contributed by atoms with Gasteiger partial charge in [0.05, 0.1) is 17.7 Å². The first-order valence-corrected chi connectivity index (χ1v) is 12.1. The number of carbonyl (C=O) groups excluding carboxylic acids is 4. The first kappa shape index (κ1) is 31.7. The van der Waals surface area contributed by atoms with E-state index in [0.29, 0.717) is 16.7 Å². The first-order chi connectivity index (χ1) is 18.9. The summed E-state index contributed by atoms with van der Waals surface area (Å²) in [5.74, 6) is -2.40. The van der Waals surface area contributed by atoms with Crippen molar-refractivity contribution in [2.45, 2.75) is 27.1 Å². The molecule has 0 saturated carbocycles. The summed E-state index contributed by atoms with van der Waals surface area (Å²) in [5.41, 5.74) is 2.02. The average molecular weight is 553 g/mol. The van der Waals surface area contributed by atoms with Crippen LogP contribution in [-0.4, -0.2) is 61.7 Å². The highest BCUT2D eigenvalue weighted by Crippen LogP contribution is 2.26. The molecule has 0 saturated heterocycles. The zero-order chi connectivity index (χ0) is 29.8. The van der Waals surface area contributed by atoms with Crippen molar-refractivity contribution in [1.82, 2.24) is 0 Å². The number of rotatable bonds is 14. The lowest BCUT2D eigenvalue weighted by atomic mass is 9.99. The first-order valence-electron chi connectivity index (χ1n) is 12.1. The predicted octanol–water partition coefficient (Wildman–Crippen LogP) is 4.18. The molecule has 1 N–H and O–H groups in total. The third-order valence-electron chi connectivity index (χ3n) is 5.06. The molecular weight excluding hydrogens is 520 g/mol. The maximum atomic E-state index is 12.8. The topological polar surface area (TPSA) is 135 Å². The van der Waals surface area contributed by atoms with Crippen LogP contribution in [0.15, 0.2) is 78.9 Å². The van der Waals surface area contributed by atoms with Gasteiger partial charge < -0.3 is 28.8 Å². The van der Waals surface area contributed by atoms with Gasteiger partial charge in [-0.25, -0.2) is 19.2 Å². The summed E-state index contributed by atoms with van der Waals surface area (Å²) in [6, 6.07) is 10.7. The Labute approximate surface area is 232 Å². The summed E-state index contributed by atoms with van der Waals surface area (Å²) < 4.78 is 25.7. The van der Waals surface area contributed by atoms with E-state index in [4.69, 9.17) is 23.7 Å². The minimum atomic E-state index is -1.18. The van der Waals surface area contributed by atoms with Gasteiger partial charge >= 0.3 is 23.9 Å². The van der Waals surface area contributed by atoms with Gasteiger partial charge in [-0.2, -0.15) is 0 Å². The third kappa shape index (κ3) is 9.97. The SMILES string of the molecule is C=C(C)C(=O)OCCOC(=O)c1cc(C(=O)OCCOC(O)C(=C)C)cc(-c2ccc(OC(=O)C(=C)C)cc2)c1. The van der Waals surface area contributed by atoms with Crippen molar-refractivity contribution in [1.29, 1.82) is 0 Å². The van der Waals surface area contributed by atoms with Gasteiger partial charge in [0.2, 0.25) is 0 Å². The maximum absolute atomic E-state index is 12.8. The summed E-state index contributed by atoms with van der Waals surface area (Å²) in [5, 5.41) is 9.63. The van der Waals surface area contributed by atoms with Crippen LogP contribution in [0.5, 0.6) is 5.75 Å². The Morgan fingerprint density at radius 1 is 0.700 bits per heavy atom. The van der Waals surface area contributed by atoms with E-state index in [1.165, 1.54) is 32.0 Å². The summed E-state index contributed by atoms with van der Waals surface area (Å²) >= 11 is 0. The Hall–Kier alpha value is -4.54. The molecule has 0 fully saturated rings. The molecule has 0 aliphatic rings. The predicted molar refractivity (Wildman–Crippen MR) is 145 cm³/mol. The normalized spacial score (nSPS) is 11.1. The van der Waals surface area contributed by atoms with E-state index in [9.17, 15) is 24.3 Å². The van der Waals surface area contributed by atoms with Crippen molar-refractivity contribution in [3.05, 3.63) is 90.0 Å². The van der Waals surface area contributed by atoms with Crippen molar-refractivity contribution in [3.8, 4) is 16.9 Å². The van der Waals surface area contributed by atoms with Crippen LogP contribution in [0.1, 0.15) is 41.5 Å². The van der Waals surface area contributed by atoms with Crippen molar-refractivity contribution in [2.24, 2.45) is 0 Å². The van der Waals surface area contributed by atoms with Crippen LogP contribution in [-0.2, 0) is 28.5 Å². The molecule has 10 heteroatoms. The quantitative estimate of drug-likeness (QED) is 0.0692. The molecule has 40 heavy (non-hydrogen) atoms. The molecule has 1 atom stereocenters. The van der Waals surface area contributed by atoms with Crippen LogP contribution in [0.2, 0.25) is 0 Å². The number of aliphatic hydroxyl groups excluding tert-OH is 1. The molecule has 0 spiro atoms. The number of carbonyl (C=O) groups is 4. The Bertz CT molecular complexity index is 1290. The van der Waals surface area contributed by atoms with Gasteiger partial charge in [0, 0.05) is 11.1 Å². The molecule has 2 aromatic carbocycles. The molecule has 2 rings (SSSR count). The molecule has 1 unspecified atom stereocenters. The minimum Gasteiger partial charge on any atom is -0.460 e. The van der Waals surface area contributed by atoms with Gasteiger partial charge in [0.1, 0.15) is 25.6 Å². The number of hydrogen-bond acceptors (Lipinski definition) is 10. The van der Waals surface area contributed by atoms with Crippen molar-refractivity contribution < 1.29 is 48.0 Å². The van der Waals surface area contributed by atoms with Crippen molar-refractivity contribution in [3.63, 3.8) is 0 Å². The van der Waals surface area contributed by atoms with Gasteiger partial charge in [-0.15, -0.1) is 0 Å². The summed E-state index contributed by atoms with van der Waals surface area (Å²) in [6.07, 6.45) is -1.18. The number of hydrogen-bond donors (Lipinski definition) is 1. The fourth-order valence-corrected chi connectivity index (χ4v) is 2.93. The second-order valence-electron chi connectivity index (χ2n) is 8.75. The third-order valence-corrected chi connectivity index (χ3v) is 5.06. The van der Waals surface area contributed by atoms with E-state index >= 15 is 0 Å². The van der Waals surface area contributed by atoms with Gasteiger partial charge in [0.25, 0.3) is 0 Å². The van der Waals surface area contributed by atoms with Crippen LogP contribution in [0, 0.1) is 0 Å². The van der Waals surface area contributed by atoms with Crippen LogP contribution < -0.4 is 4.74 Å². The second kappa shape index (κ2) is 15.2. The zero-order valence-electron chi connectivity index (χ0n) is 22.7. The van der Waals surface area contributed by atoms with Gasteiger partial charge in [-0.05, 0) is 67.8 Å². The van der Waals surface area contributed by atoms with E-state index in [-0.39, 0.29) is 54.5 Å². The largest absolute Gasteiger partial charge is 0.460 e. The lowest BCUT2D eigenvalue weighted by molar-refractivity contribution is -0.140. The zero-order valence-corrected chi connectivity index (χ0v) is 22.7. The fraction of sp³-hybridized carbons (Fsp3) is 0.267. The van der Waals surface area contributed by atoms with Crippen LogP contribution in [0.25, 0.3) is 11.1 Å². The van der Waals surface area contributed by atoms with Crippen molar-refractivity contribution >= 4 is 23.9 Å². The van der Waals surface area contributed by atoms with Gasteiger partial charge in [-0.3, -0.25) is 0 Å². The molecule has 10 nitrogen and oxygen atoms in total. The minimum absolute atomic E-state index is 0.0439. The maximum Gasteiger partial charge on any atom is 0.338 e. The molecule has 0 heterocycles. The Balaban J connectivity index is 2.23. The van der Waals surface area contributed by atoms with Gasteiger partial charge in [-0.1, -0.05) is 31.9 Å². The van der Waals surface area contributed by atoms with E-state index in [1.54, 1.807) is 31.2 Å². The Morgan fingerprint density at radius 3 is 1.70 bits per heavy atom. The standard InChI is InChI=1S/C30H32O10/c1-18(2)26(31)36-11-13-38-29(34)23-15-22(21-7-9-25(10-8-21)40-28(33)20(5)6)16-24(17-23)30(35)39-14-12-37-27(32)19(3)4/h7-10,15-17,26,31H,1,3,5,11-14H2,2,4,6H3. The molecular formula is C30H32O10. The number of ether oxygens (including phenoxy) is 5. The van der Waals surface area contributed by atoms with Gasteiger partial charge in [0.15, 0.2) is 6.29 Å². The van der Waals surface area contributed by atoms with E-state index in [0.717, 1.165) is 0 Å². The molecule has 0 aromatic heterocycles. The lowest BCUT2D eigenvalue weighted by Crippen LogP contribution is -2.18. The summed E-state index contributed by atoms with van der Waals surface area (Å²) in [4.78, 5) is 48.8. The fourth-order valence-electron chi connectivity index (χ4n) is 2.93. The van der Waals surface area contributed by atoms with Crippen LogP contribution >= 0.6 is 0 Å². The molecule has 212 valence electrons. The molecule has 0 radical (unpaired) electrons. The lowest BCUT2D eigenvalue weighted by Gasteiger charge is -2.13. The Morgan fingerprint density at radius 2 is 1.20 bits per heavy atom. The molecule has 0 aliphatic carbocycles. The smallest absolute Gasteiger partial charge is 0.338 e. The summed E-state index contributed by atoms with van der Waals surface area (Å²) in [7, 11) is 0. The van der Waals surface area contributed by atoms with Crippen LogP contribution in [0.4, 0.5) is 0 Å². The average Bonchev–Trinajstić information content (AvgIpc) is 2.92. The highest BCUT2D eigenvalue weighted by atomic mass is 16.6. The Kier molecular flexibility index (Phi) is 12.0. The molecule has 0 aliphatic heterocycles.